The SMILES string of the molecule is Cc1ccc2c(N3CCN(CCc4cccc(N(C(N)=O)c5ccc(F)cc5)c4)CC3)cccc2n1. The van der Waals surface area contributed by atoms with Gasteiger partial charge in [0, 0.05) is 49.5 Å². The number of rotatable bonds is 6. The predicted octanol–water partition coefficient (Wildman–Crippen LogP) is 5.26. The number of hydrogen-bond acceptors (Lipinski definition) is 4. The fraction of sp³-hybridized carbons (Fsp3) is 0.241. The maximum absolute atomic E-state index is 13.4. The summed E-state index contributed by atoms with van der Waals surface area (Å²) in [7, 11) is 0. The molecule has 2 amide bonds. The molecule has 0 bridgehead atoms. The summed E-state index contributed by atoms with van der Waals surface area (Å²) >= 11 is 0. The Morgan fingerprint density at radius 1 is 0.944 bits per heavy atom. The lowest BCUT2D eigenvalue weighted by Crippen LogP contribution is -2.47. The summed E-state index contributed by atoms with van der Waals surface area (Å²) in [6.07, 6.45) is 0.862. The van der Waals surface area contributed by atoms with Crippen LogP contribution in [0.25, 0.3) is 10.9 Å². The van der Waals surface area contributed by atoms with Gasteiger partial charge in [-0.1, -0.05) is 18.2 Å². The molecule has 2 N–H and O–H groups in total. The number of anilines is 3. The van der Waals surface area contributed by atoms with E-state index in [0.717, 1.165) is 55.9 Å². The van der Waals surface area contributed by atoms with Crippen molar-refractivity contribution in [2.24, 2.45) is 5.73 Å². The predicted molar refractivity (Wildman–Crippen MR) is 143 cm³/mol. The Bertz CT molecular complexity index is 1370. The van der Waals surface area contributed by atoms with Crippen molar-refractivity contribution in [3.05, 3.63) is 95.9 Å². The molecular weight excluding hydrogens is 453 g/mol. The number of halogens is 1. The van der Waals surface area contributed by atoms with Gasteiger partial charge in [-0.05, 0) is 79.6 Å². The van der Waals surface area contributed by atoms with Gasteiger partial charge in [0.25, 0.3) is 0 Å². The number of urea groups is 1. The summed E-state index contributed by atoms with van der Waals surface area (Å²) in [4.78, 5) is 23.2. The van der Waals surface area contributed by atoms with E-state index in [1.165, 1.54) is 28.1 Å². The Morgan fingerprint density at radius 2 is 1.69 bits per heavy atom. The van der Waals surface area contributed by atoms with E-state index in [1.54, 1.807) is 12.1 Å². The standard InChI is InChI=1S/C29H30FN5O/c1-21-8-13-26-27(32-21)6-3-7-28(26)34-18-16-33(17-19-34)15-14-22-4-2-5-25(20-22)35(29(31)36)24-11-9-23(30)10-12-24/h2-13,20H,14-19H2,1H3,(H2,31,36). The number of piperazine rings is 1. The maximum atomic E-state index is 13.4. The smallest absolute Gasteiger partial charge is 0.323 e. The number of aryl methyl sites for hydroxylation is 1. The number of fused-ring (bicyclic) bond motifs is 1. The van der Waals surface area contributed by atoms with Crippen LogP contribution < -0.4 is 15.5 Å². The van der Waals surface area contributed by atoms with Gasteiger partial charge in [-0.2, -0.15) is 0 Å². The van der Waals surface area contributed by atoms with Gasteiger partial charge in [0.1, 0.15) is 5.82 Å². The van der Waals surface area contributed by atoms with Crippen LogP contribution in [0.15, 0.2) is 78.9 Å². The second-order valence-electron chi connectivity index (χ2n) is 9.20. The van der Waals surface area contributed by atoms with Crippen LogP contribution in [0.4, 0.5) is 26.2 Å². The highest BCUT2D eigenvalue weighted by atomic mass is 19.1. The average Bonchev–Trinajstić information content (AvgIpc) is 2.89. The van der Waals surface area contributed by atoms with E-state index in [1.807, 2.05) is 25.1 Å². The molecule has 1 saturated heterocycles. The molecule has 1 aliphatic rings. The molecule has 0 aliphatic carbocycles. The Hall–Kier alpha value is -3.97. The number of aromatic nitrogens is 1. The van der Waals surface area contributed by atoms with Crippen molar-refractivity contribution in [1.29, 1.82) is 0 Å². The third kappa shape index (κ3) is 5.16. The molecule has 1 aliphatic heterocycles. The fourth-order valence-corrected chi connectivity index (χ4v) is 4.86. The van der Waals surface area contributed by atoms with Crippen molar-refractivity contribution in [3.63, 3.8) is 0 Å². The van der Waals surface area contributed by atoms with Crippen LogP contribution in [-0.4, -0.2) is 48.6 Å². The van der Waals surface area contributed by atoms with E-state index in [2.05, 4.69) is 51.2 Å². The highest BCUT2D eigenvalue weighted by Gasteiger charge is 2.19. The number of amides is 2. The molecule has 4 aromatic rings. The Balaban J connectivity index is 1.22. The zero-order valence-electron chi connectivity index (χ0n) is 20.4. The Kier molecular flexibility index (Phi) is 6.82. The highest BCUT2D eigenvalue weighted by molar-refractivity contribution is 5.98. The van der Waals surface area contributed by atoms with Crippen molar-refractivity contribution in [1.82, 2.24) is 9.88 Å². The van der Waals surface area contributed by atoms with Gasteiger partial charge >= 0.3 is 6.03 Å². The first-order valence-electron chi connectivity index (χ1n) is 12.3. The first-order valence-corrected chi connectivity index (χ1v) is 12.3. The minimum atomic E-state index is -0.603. The van der Waals surface area contributed by atoms with E-state index >= 15 is 0 Å². The summed E-state index contributed by atoms with van der Waals surface area (Å²) in [5, 5.41) is 1.20. The van der Waals surface area contributed by atoms with Crippen molar-refractivity contribution >= 4 is 34.0 Å². The minimum Gasteiger partial charge on any atom is -0.368 e. The number of hydrogen-bond donors (Lipinski definition) is 1. The second-order valence-corrected chi connectivity index (χ2v) is 9.20. The summed E-state index contributed by atoms with van der Waals surface area (Å²) < 4.78 is 13.4. The van der Waals surface area contributed by atoms with Gasteiger partial charge in [0.05, 0.1) is 16.9 Å². The molecule has 1 fully saturated rings. The molecule has 7 heteroatoms. The third-order valence-corrected chi connectivity index (χ3v) is 6.75. The largest absolute Gasteiger partial charge is 0.368 e. The first-order chi connectivity index (χ1) is 17.5. The number of benzene rings is 3. The van der Waals surface area contributed by atoms with E-state index in [0.29, 0.717) is 11.4 Å². The molecule has 2 heterocycles. The zero-order valence-corrected chi connectivity index (χ0v) is 20.4. The Morgan fingerprint density at radius 3 is 2.44 bits per heavy atom. The summed E-state index contributed by atoms with van der Waals surface area (Å²) in [5.41, 5.74) is 11.3. The van der Waals surface area contributed by atoms with Gasteiger partial charge in [0.2, 0.25) is 0 Å². The Labute approximate surface area is 210 Å². The van der Waals surface area contributed by atoms with Crippen molar-refractivity contribution in [3.8, 4) is 0 Å². The summed E-state index contributed by atoms with van der Waals surface area (Å²) in [5.74, 6) is -0.357. The fourth-order valence-electron chi connectivity index (χ4n) is 4.86. The topological polar surface area (TPSA) is 65.7 Å². The normalized spacial score (nSPS) is 14.2. The molecule has 0 unspecified atom stereocenters. The van der Waals surface area contributed by atoms with Gasteiger partial charge in [-0.25, -0.2) is 9.18 Å². The molecular formula is C29H30FN5O. The molecule has 3 aromatic carbocycles. The van der Waals surface area contributed by atoms with Crippen LogP contribution in [0.2, 0.25) is 0 Å². The number of nitrogens with two attached hydrogens (primary N) is 1. The number of primary amides is 1. The van der Waals surface area contributed by atoms with Crippen LogP contribution in [0.3, 0.4) is 0 Å². The van der Waals surface area contributed by atoms with E-state index in [4.69, 9.17) is 5.73 Å². The van der Waals surface area contributed by atoms with Crippen LogP contribution in [0.5, 0.6) is 0 Å². The number of carbonyl (C=O) groups is 1. The summed E-state index contributed by atoms with van der Waals surface area (Å²) in [6, 6.07) is 23.6. The van der Waals surface area contributed by atoms with Crippen LogP contribution in [0.1, 0.15) is 11.3 Å². The van der Waals surface area contributed by atoms with Gasteiger partial charge in [-0.15, -0.1) is 0 Å². The van der Waals surface area contributed by atoms with Crippen LogP contribution >= 0.6 is 0 Å². The number of pyridine rings is 1. The maximum Gasteiger partial charge on any atom is 0.323 e. The molecule has 0 atom stereocenters. The van der Waals surface area contributed by atoms with E-state index < -0.39 is 6.03 Å². The number of nitrogens with zero attached hydrogens (tertiary/aromatic N) is 4. The zero-order chi connectivity index (χ0) is 25.1. The molecule has 6 nitrogen and oxygen atoms in total. The van der Waals surface area contributed by atoms with Gasteiger partial charge < -0.3 is 10.6 Å². The van der Waals surface area contributed by atoms with Gasteiger partial charge in [0.15, 0.2) is 0 Å². The van der Waals surface area contributed by atoms with Crippen LogP contribution in [0, 0.1) is 12.7 Å². The lowest BCUT2D eigenvalue weighted by Gasteiger charge is -2.36. The van der Waals surface area contributed by atoms with E-state index in [-0.39, 0.29) is 5.82 Å². The second kappa shape index (κ2) is 10.3. The van der Waals surface area contributed by atoms with Crippen LogP contribution in [-0.2, 0) is 6.42 Å². The molecule has 0 saturated carbocycles. The minimum absolute atomic E-state index is 0.357. The van der Waals surface area contributed by atoms with E-state index in [9.17, 15) is 9.18 Å². The van der Waals surface area contributed by atoms with Crippen molar-refractivity contribution in [2.75, 3.05) is 42.5 Å². The monoisotopic (exact) mass is 483 g/mol. The van der Waals surface area contributed by atoms with Crippen molar-refractivity contribution in [2.45, 2.75) is 13.3 Å². The average molecular weight is 484 g/mol. The molecule has 0 radical (unpaired) electrons. The lowest BCUT2D eigenvalue weighted by molar-refractivity contribution is 0.256. The first kappa shape index (κ1) is 23.8. The molecule has 184 valence electrons. The van der Waals surface area contributed by atoms with Crippen molar-refractivity contribution < 1.29 is 9.18 Å². The molecule has 0 spiro atoms. The number of carbonyl (C=O) groups excluding carboxylic acids is 1. The molecule has 1 aromatic heterocycles. The van der Waals surface area contributed by atoms with Gasteiger partial charge in [-0.3, -0.25) is 14.8 Å². The molecule has 36 heavy (non-hydrogen) atoms. The third-order valence-electron chi connectivity index (χ3n) is 6.75. The highest BCUT2D eigenvalue weighted by Crippen LogP contribution is 2.28. The summed E-state index contributed by atoms with van der Waals surface area (Å²) in [6.45, 7) is 6.85. The molecule has 5 rings (SSSR count). The lowest BCUT2D eigenvalue weighted by atomic mass is 10.1. The quantitative estimate of drug-likeness (QED) is 0.406.